The second-order valence-corrected chi connectivity index (χ2v) is 4.57. The largest absolute Gasteiger partial charge is 0.364 e. The third kappa shape index (κ3) is 3.00. The molecular formula is C12H18N6O. The number of nitrogen functional groups attached to an aromatic ring is 1. The fourth-order valence-electron chi connectivity index (χ4n) is 1.87. The van der Waals surface area contributed by atoms with Gasteiger partial charge in [-0.25, -0.2) is 15.8 Å². The summed E-state index contributed by atoms with van der Waals surface area (Å²) in [6.07, 6.45) is 1.47. The summed E-state index contributed by atoms with van der Waals surface area (Å²) < 4.78 is 5.02. The molecule has 0 saturated heterocycles. The highest BCUT2D eigenvalue weighted by atomic mass is 16.5. The third-order valence-electron chi connectivity index (χ3n) is 2.71. The Morgan fingerprint density at radius 1 is 1.32 bits per heavy atom. The fourth-order valence-corrected chi connectivity index (χ4v) is 1.87. The number of nitrogens with one attached hydrogen (secondary N) is 2. The van der Waals surface area contributed by atoms with Gasteiger partial charge in [0, 0.05) is 11.6 Å². The minimum atomic E-state index is 0.244. The molecule has 0 fully saturated rings. The van der Waals surface area contributed by atoms with Crippen LogP contribution in [0.3, 0.4) is 0 Å². The van der Waals surface area contributed by atoms with Crippen molar-refractivity contribution in [2.45, 2.75) is 33.2 Å². The van der Waals surface area contributed by atoms with Crippen molar-refractivity contribution in [3.63, 3.8) is 0 Å². The van der Waals surface area contributed by atoms with Gasteiger partial charge in [-0.3, -0.25) is 0 Å². The lowest BCUT2D eigenvalue weighted by Crippen LogP contribution is -2.15. The number of aromatic nitrogens is 3. The number of nitrogens with two attached hydrogens (primary N) is 1. The first kappa shape index (κ1) is 13.3. The van der Waals surface area contributed by atoms with Crippen LogP contribution in [0.2, 0.25) is 0 Å². The zero-order valence-electron chi connectivity index (χ0n) is 11.3. The molecule has 0 bridgehead atoms. The Kier molecular flexibility index (Phi) is 3.96. The van der Waals surface area contributed by atoms with Crippen molar-refractivity contribution in [2.24, 2.45) is 5.84 Å². The molecule has 0 radical (unpaired) electrons. The number of rotatable bonds is 5. The molecule has 0 aliphatic carbocycles. The van der Waals surface area contributed by atoms with Crippen LogP contribution in [0.1, 0.15) is 36.8 Å². The molecule has 0 atom stereocenters. The van der Waals surface area contributed by atoms with Crippen LogP contribution in [0.25, 0.3) is 0 Å². The Hall–Kier alpha value is -2.15. The highest BCUT2D eigenvalue weighted by Gasteiger charge is 2.14. The van der Waals surface area contributed by atoms with E-state index in [1.165, 1.54) is 6.33 Å². The van der Waals surface area contributed by atoms with E-state index in [0.717, 1.165) is 22.8 Å². The number of hydrogen-bond donors (Lipinski definition) is 3. The van der Waals surface area contributed by atoms with E-state index in [0.29, 0.717) is 12.4 Å². The van der Waals surface area contributed by atoms with Gasteiger partial charge in [-0.05, 0) is 12.8 Å². The van der Waals surface area contributed by atoms with Crippen LogP contribution < -0.4 is 16.6 Å². The summed E-state index contributed by atoms with van der Waals surface area (Å²) >= 11 is 0. The predicted molar refractivity (Wildman–Crippen MR) is 72.5 cm³/mol. The van der Waals surface area contributed by atoms with Crippen LogP contribution in [0.5, 0.6) is 0 Å². The van der Waals surface area contributed by atoms with Crippen molar-refractivity contribution < 1.29 is 4.52 Å². The van der Waals surface area contributed by atoms with Gasteiger partial charge in [0.25, 0.3) is 0 Å². The van der Waals surface area contributed by atoms with Crippen molar-refractivity contribution in [3.05, 3.63) is 29.4 Å². The SMILES string of the molecule is Cc1cc(CNc2ncnc(NN)c2C(C)C)no1. The summed E-state index contributed by atoms with van der Waals surface area (Å²) in [7, 11) is 0. The van der Waals surface area contributed by atoms with E-state index in [1.807, 2.05) is 13.0 Å². The lowest BCUT2D eigenvalue weighted by atomic mass is 10.0. The Morgan fingerprint density at radius 3 is 2.63 bits per heavy atom. The zero-order chi connectivity index (χ0) is 13.8. The fraction of sp³-hybridized carbons (Fsp3) is 0.417. The Morgan fingerprint density at radius 2 is 2.05 bits per heavy atom. The summed E-state index contributed by atoms with van der Waals surface area (Å²) in [5.41, 5.74) is 4.37. The monoisotopic (exact) mass is 262 g/mol. The van der Waals surface area contributed by atoms with Gasteiger partial charge in [-0.15, -0.1) is 0 Å². The van der Waals surface area contributed by atoms with E-state index in [1.54, 1.807) is 0 Å². The highest BCUT2D eigenvalue weighted by molar-refractivity contribution is 5.58. The van der Waals surface area contributed by atoms with Gasteiger partial charge in [-0.2, -0.15) is 0 Å². The average molecular weight is 262 g/mol. The minimum absolute atomic E-state index is 0.244. The molecule has 0 aliphatic heterocycles. The smallest absolute Gasteiger partial charge is 0.148 e. The van der Waals surface area contributed by atoms with Gasteiger partial charge in [0.1, 0.15) is 29.4 Å². The molecule has 7 heteroatoms. The summed E-state index contributed by atoms with van der Waals surface area (Å²) in [6.45, 7) is 6.52. The van der Waals surface area contributed by atoms with E-state index in [4.69, 9.17) is 10.4 Å². The van der Waals surface area contributed by atoms with Crippen molar-refractivity contribution in [3.8, 4) is 0 Å². The van der Waals surface area contributed by atoms with E-state index >= 15 is 0 Å². The molecule has 4 N–H and O–H groups in total. The van der Waals surface area contributed by atoms with Crippen LogP contribution in [0.4, 0.5) is 11.6 Å². The van der Waals surface area contributed by atoms with Gasteiger partial charge in [0.15, 0.2) is 0 Å². The number of hydrogen-bond acceptors (Lipinski definition) is 7. The lowest BCUT2D eigenvalue weighted by Gasteiger charge is -2.15. The van der Waals surface area contributed by atoms with Crippen LogP contribution in [0.15, 0.2) is 16.9 Å². The first-order valence-corrected chi connectivity index (χ1v) is 6.09. The molecule has 7 nitrogen and oxygen atoms in total. The van der Waals surface area contributed by atoms with Gasteiger partial charge in [-0.1, -0.05) is 19.0 Å². The van der Waals surface area contributed by atoms with Gasteiger partial charge in [0.2, 0.25) is 0 Å². The molecule has 0 aliphatic rings. The standard InChI is InChI=1S/C12H18N6O/c1-7(2)10-11(15-6-16-12(10)17-13)14-5-9-4-8(3)19-18-9/h4,6-7H,5,13H2,1-3H3,(H2,14,15,16,17). The molecule has 0 amide bonds. The maximum atomic E-state index is 5.47. The molecule has 2 rings (SSSR count). The summed E-state index contributed by atoms with van der Waals surface area (Å²) in [4.78, 5) is 8.37. The molecule has 0 saturated carbocycles. The number of nitrogens with zero attached hydrogens (tertiary/aromatic N) is 3. The van der Waals surface area contributed by atoms with E-state index in [2.05, 4.69) is 39.7 Å². The molecule has 0 aromatic carbocycles. The molecule has 102 valence electrons. The minimum Gasteiger partial charge on any atom is -0.364 e. The third-order valence-corrected chi connectivity index (χ3v) is 2.71. The molecule has 2 heterocycles. The molecule has 19 heavy (non-hydrogen) atoms. The predicted octanol–water partition coefficient (Wildman–Crippen LogP) is 1.79. The van der Waals surface area contributed by atoms with Gasteiger partial charge in [0.05, 0.1) is 6.54 Å². The first-order chi connectivity index (χ1) is 9.11. The van der Waals surface area contributed by atoms with Crippen LogP contribution >= 0.6 is 0 Å². The van der Waals surface area contributed by atoms with Crippen LogP contribution in [0, 0.1) is 6.92 Å². The quantitative estimate of drug-likeness (QED) is 0.557. The van der Waals surface area contributed by atoms with Gasteiger partial charge < -0.3 is 15.3 Å². The first-order valence-electron chi connectivity index (χ1n) is 6.09. The van der Waals surface area contributed by atoms with Crippen molar-refractivity contribution in [1.29, 1.82) is 0 Å². The highest BCUT2D eigenvalue weighted by Crippen LogP contribution is 2.27. The summed E-state index contributed by atoms with van der Waals surface area (Å²) in [6, 6.07) is 1.88. The van der Waals surface area contributed by atoms with E-state index < -0.39 is 0 Å². The van der Waals surface area contributed by atoms with Crippen molar-refractivity contribution >= 4 is 11.6 Å². The molecule has 0 spiro atoms. The Bertz CT molecular complexity index is 551. The van der Waals surface area contributed by atoms with Crippen LogP contribution in [-0.4, -0.2) is 15.1 Å². The molecular weight excluding hydrogens is 244 g/mol. The zero-order valence-corrected chi connectivity index (χ0v) is 11.3. The van der Waals surface area contributed by atoms with Crippen molar-refractivity contribution in [1.82, 2.24) is 15.1 Å². The number of anilines is 2. The maximum absolute atomic E-state index is 5.47. The second kappa shape index (κ2) is 5.66. The summed E-state index contributed by atoms with van der Waals surface area (Å²) in [5.74, 6) is 7.88. The van der Waals surface area contributed by atoms with Crippen molar-refractivity contribution in [2.75, 3.05) is 10.7 Å². The lowest BCUT2D eigenvalue weighted by molar-refractivity contribution is 0.391. The van der Waals surface area contributed by atoms with E-state index in [9.17, 15) is 0 Å². The number of hydrazine groups is 1. The summed E-state index contributed by atoms with van der Waals surface area (Å²) in [5, 5.41) is 7.16. The normalized spacial score (nSPS) is 10.8. The Labute approximate surface area is 111 Å². The second-order valence-electron chi connectivity index (χ2n) is 4.57. The number of aryl methyl sites for hydroxylation is 1. The maximum Gasteiger partial charge on any atom is 0.148 e. The average Bonchev–Trinajstić information content (AvgIpc) is 2.81. The molecule has 2 aromatic heterocycles. The van der Waals surface area contributed by atoms with Crippen LogP contribution in [-0.2, 0) is 6.54 Å². The topological polar surface area (TPSA) is 102 Å². The molecule has 2 aromatic rings. The van der Waals surface area contributed by atoms with E-state index in [-0.39, 0.29) is 5.92 Å². The van der Waals surface area contributed by atoms with Gasteiger partial charge >= 0.3 is 0 Å². The molecule has 0 unspecified atom stereocenters. The Balaban J connectivity index is 2.19.